The van der Waals surface area contributed by atoms with Crippen LogP contribution in [0.1, 0.15) is 53.0 Å². The van der Waals surface area contributed by atoms with Gasteiger partial charge < -0.3 is 28.9 Å². The Kier molecular flexibility index (Phi) is 8.53. The van der Waals surface area contributed by atoms with E-state index in [-0.39, 0.29) is 36.8 Å². The van der Waals surface area contributed by atoms with Gasteiger partial charge in [-0.2, -0.15) is 0 Å². The number of rotatable bonds is 5. The van der Waals surface area contributed by atoms with Gasteiger partial charge in [-0.05, 0) is 64.1 Å². The van der Waals surface area contributed by atoms with Crippen LogP contribution in [0, 0.1) is 5.82 Å². The molecule has 248 valence electrons. The Morgan fingerprint density at radius 2 is 1.72 bits per heavy atom. The molecule has 1 amide bonds. The second kappa shape index (κ2) is 12.6. The van der Waals surface area contributed by atoms with Crippen LogP contribution in [0.5, 0.6) is 5.75 Å². The molecule has 4 aliphatic rings. The van der Waals surface area contributed by atoms with E-state index in [1.165, 1.54) is 13.2 Å². The highest BCUT2D eigenvalue weighted by molar-refractivity contribution is 6.34. The molecule has 0 saturated carbocycles. The number of nitrogens with zero attached hydrogens (tertiary/aromatic N) is 4. The zero-order valence-electron chi connectivity index (χ0n) is 27.2. The number of carbonyl (C=O) groups excluding carboxylic acids is 2. The van der Waals surface area contributed by atoms with Crippen LogP contribution in [0.15, 0.2) is 48.5 Å². The average molecular weight is 663 g/mol. The monoisotopic (exact) mass is 662 g/mol. The van der Waals surface area contributed by atoms with Crippen molar-refractivity contribution in [2.45, 2.75) is 57.4 Å². The molecule has 0 aromatic heterocycles. The van der Waals surface area contributed by atoms with Crippen molar-refractivity contribution in [3.05, 3.63) is 76.1 Å². The Morgan fingerprint density at radius 3 is 2.45 bits per heavy atom. The number of anilines is 2. The van der Waals surface area contributed by atoms with Gasteiger partial charge in [-0.15, -0.1) is 0 Å². The summed E-state index contributed by atoms with van der Waals surface area (Å²) in [5.74, 6) is -0.870. The third-order valence-corrected chi connectivity index (χ3v) is 10.5. The maximum atomic E-state index is 15.9. The predicted octanol–water partition coefficient (Wildman–Crippen LogP) is 5.82. The minimum atomic E-state index is -0.587. The minimum Gasteiger partial charge on any atom is -0.472 e. The summed E-state index contributed by atoms with van der Waals surface area (Å²) >= 11 is 6.74. The smallest absolute Gasteiger partial charge is 0.340 e. The molecule has 4 aliphatic heterocycles. The van der Waals surface area contributed by atoms with Crippen LogP contribution in [0.3, 0.4) is 0 Å². The van der Waals surface area contributed by atoms with Crippen LogP contribution in [0.25, 0.3) is 11.1 Å². The number of carbonyl (C=O) groups is 2. The molecule has 0 N–H and O–H groups in total. The maximum Gasteiger partial charge on any atom is 0.340 e. The van der Waals surface area contributed by atoms with Crippen molar-refractivity contribution in [1.29, 1.82) is 0 Å². The zero-order chi connectivity index (χ0) is 33.0. The Bertz CT molecular complexity index is 1700. The van der Waals surface area contributed by atoms with Gasteiger partial charge in [-0.1, -0.05) is 29.8 Å². The molecule has 4 heterocycles. The first-order valence-corrected chi connectivity index (χ1v) is 16.6. The van der Waals surface area contributed by atoms with Crippen molar-refractivity contribution in [2.24, 2.45) is 0 Å². The molecule has 2 unspecified atom stereocenters. The number of benzene rings is 3. The van der Waals surface area contributed by atoms with E-state index in [1.54, 1.807) is 23.1 Å². The topological polar surface area (TPSA) is 74.8 Å². The fourth-order valence-corrected chi connectivity index (χ4v) is 7.83. The third-order valence-electron chi connectivity index (χ3n) is 10.2. The van der Waals surface area contributed by atoms with Gasteiger partial charge in [-0.3, -0.25) is 9.69 Å². The molecule has 47 heavy (non-hydrogen) atoms. The lowest BCUT2D eigenvalue weighted by Crippen LogP contribution is -2.55. The number of halogens is 2. The molecule has 3 fully saturated rings. The van der Waals surface area contributed by atoms with Crippen LogP contribution >= 0.6 is 11.6 Å². The molecule has 3 aromatic carbocycles. The average Bonchev–Trinajstić information content (AvgIpc) is 3.31. The van der Waals surface area contributed by atoms with Gasteiger partial charge in [0, 0.05) is 47.6 Å². The van der Waals surface area contributed by atoms with Crippen LogP contribution in [-0.2, 0) is 16.0 Å². The lowest BCUT2D eigenvalue weighted by atomic mass is 9.96. The molecule has 3 aromatic rings. The Morgan fingerprint density at radius 1 is 0.957 bits per heavy atom. The number of methoxy groups -OCH3 is 1. The first-order chi connectivity index (χ1) is 22.6. The number of amides is 1. The minimum absolute atomic E-state index is 0.0176. The first-order valence-electron chi connectivity index (χ1n) is 16.2. The summed E-state index contributed by atoms with van der Waals surface area (Å²) in [6.07, 6.45) is 1.87. The van der Waals surface area contributed by atoms with E-state index in [1.807, 2.05) is 24.3 Å². The standard InChI is InChI=1S/C36H40ClFN4O5/c1-21-16-41(22(2)15-39(21)3)24-10-11-28(31(37)12-24)35(43)40-17-23-6-5-7-27(34(23)47-20-40)29-14-33(30(13-32(29)38)36(44)45-4)42-25-8-9-26(42)19-46-18-25/h5-7,10-14,21-22,25-26H,8-9,15-20H2,1-4H3/t21-,22+,25?,26?/m0/s1. The van der Waals surface area contributed by atoms with Crippen molar-refractivity contribution < 1.29 is 28.2 Å². The number of hydrogen-bond donors (Lipinski definition) is 0. The summed E-state index contributed by atoms with van der Waals surface area (Å²) in [5.41, 5.74) is 3.85. The van der Waals surface area contributed by atoms with E-state index >= 15 is 4.39 Å². The van der Waals surface area contributed by atoms with Crippen LogP contribution in [-0.4, -0.2) is 93.0 Å². The summed E-state index contributed by atoms with van der Waals surface area (Å²) in [7, 11) is 3.44. The normalized spacial score (nSPS) is 24.2. The number of para-hydroxylation sites is 1. The summed E-state index contributed by atoms with van der Waals surface area (Å²) in [4.78, 5) is 35.0. The van der Waals surface area contributed by atoms with Crippen molar-refractivity contribution in [3.8, 4) is 16.9 Å². The van der Waals surface area contributed by atoms with Crippen molar-refractivity contribution in [3.63, 3.8) is 0 Å². The number of hydrogen-bond acceptors (Lipinski definition) is 8. The molecule has 7 rings (SSSR count). The molecule has 2 bridgehead atoms. The number of morpholine rings is 1. The summed E-state index contributed by atoms with van der Waals surface area (Å²) < 4.78 is 32.9. The van der Waals surface area contributed by atoms with E-state index in [2.05, 4.69) is 35.6 Å². The molecule has 0 radical (unpaired) electrons. The fourth-order valence-electron chi connectivity index (χ4n) is 7.58. The lowest BCUT2D eigenvalue weighted by Gasteiger charge is -2.44. The predicted molar refractivity (Wildman–Crippen MR) is 179 cm³/mol. The molecule has 0 spiro atoms. The number of likely N-dealkylation sites (N-methyl/N-ethyl adjacent to an activating group) is 1. The van der Waals surface area contributed by atoms with Crippen LogP contribution in [0.2, 0.25) is 5.02 Å². The van der Waals surface area contributed by atoms with Gasteiger partial charge in [0.15, 0.2) is 6.73 Å². The first kappa shape index (κ1) is 31.7. The second-order valence-electron chi connectivity index (χ2n) is 13.2. The third kappa shape index (κ3) is 5.70. The zero-order valence-corrected chi connectivity index (χ0v) is 27.9. The lowest BCUT2D eigenvalue weighted by molar-refractivity contribution is 0.0515. The van der Waals surface area contributed by atoms with Gasteiger partial charge in [0.2, 0.25) is 0 Å². The van der Waals surface area contributed by atoms with Gasteiger partial charge in [-0.25, -0.2) is 9.18 Å². The van der Waals surface area contributed by atoms with E-state index < -0.39 is 11.8 Å². The number of ether oxygens (including phenoxy) is 3. The van der Waals surface area contributed by atoms with Crippen molar-refractivity contribution >= 4 is 34.9 Å². The summed E-state index contributed by atoms with van der Waals surface area (Å²) in [6, 6.07) is 15.1. The highest BCUT2D eigenvalue weighted by Crippen LogP contribution is 2.43. The molecule has 11 heteroatoms. The van der Waals surface area contributed by atoms with Crippen molar-refractivity contribution in [1.82, 2.24) is 9.80 Å². The summed E-state index contributed by atoms with van der Waals surface area (Å²) in [6.45, 7) is 7.58. The van der Waals surface area contributed by atoms with E-state index in [4.69, 9.17) is 25.8 Å². The Labute approximate surface area is 279 Å². The number of piperazine rings is 1. The van der Waals surface area contributed by atoms with E-state index in [9.17, 15) is 9.59 Å². The van der Waals surface area contributed by atoms with Gasteiger partial charge in [0.05, 0.1) is 60.8 Å². The highest BCUT2D eigenvalue weighted by Gasteiger charge is 2.40. The highest BCUT2D eigenvalue weighted by atomic mass is 35.5. The quantitative estimate of drug-likeness (QED) is 0.317. The molecule has 9 nitrogen and oxygen atoms in total. The van der Waals surface area contributed by atoms with E-state index in [0.717, 1.165) is 37.2 Å². The van der Waals surface area contributed by atoms with Crippen molar-refractivity contribution in [2.75, 3.05) is 57.0 Å². The molecular formula is C36H40ClFN4O5. The maximum absolute atomic E-state index is 15.9. The Hall–Kier alpha value is -3.86. The van der Waals surface area contributed by atoms with Crippen LogP contribution < -0.4 is 14.5 Å². The Balaban J connectivity index is 1.16. The van der Waals surface area contributed by atoms with Gasteiger partial charge in [0.25, 0.3) is 5.91 Å². The molecule has 0 aliphatic carbocycles. The molecule has 3 saturated heterocycles. The molecule has 4 atom stereocenters. The summed E-state index contributed by atoms with van der Waals surface area (Å²) in [5, 5.41) is 0.392. The van der Waals surface area contributed by atoms with Crippen LogP contribution in [0.4, 0.5) is 15.8 Å². The fraction of sp³-hybridized carbons (Fsp3) is 0.444. The van der Waals surface area contributed by atoms with E-state index in [0.29, 0.717) is 58.4 Å². The van der Waals surface area contributed by atoms with Gasteiger partial charge in [0.1, 0.15) is 11.6 Å². The SMILES string of the molecule is COC(=O)c1cc(F)c(-c2cccc3c2OCN(C(=O)c2ccc(N4C[C@H](C)N(C)C[C@H]4C)cc2Cl)C3)cc1N1C2CCC1COC2. The second-order valence-corrected chi connectivity index (χ2v) is 13.6. The largest absolute Gasteiger partial charge is 0.472 e. The number of fused-ring (bicyclic) bond motifs is 3. The molecular weight excluding hydrogens is 623 g/mol. The number of esters is 1. The van der Waals surface area contributed by atoms with Gasteiger partial charge >= 0.3 is 5.97 Å².